The molecule has 64 valence electrons. The van der Waals surface area contributed by atoms with Crippen LogP contribution < -0.4 is 0 Å². The van der Waals surface area contributed by atoms with Crippen LogP contribution >= 0.6 is 0 Å². The summed E-state index contributed by atoms with van der Waals surface area (Å²) in [7, 11) is 2.21. The Labute approximate surface area is 70.1 Å². The zero-order valence-corrected chi connectivity index (χ0v) is 7.77. The van der Waals surface area contributed by atoms with Gasteiger partial charge in [0.25, 0.3) is 0 Å². The summed E-state index contributed by atoms with van der Waals surface area (Å²) in [6, 6.07) is 0. The maximum absolute atomic E-state index is 2.42. The van der Waals surface area contributed by atoms with Crippen LogP contribution in [0, 0.1) is 0 Å². The summed E-state index contributed by atoms with van der Waals surface area (Å²) >= 11 is 0. The molecule has 0 aromatic heterocycles. The van der Waals surface area contributed by atoms with Gasteiger partial charge in [0.2, 0.25) is 0 Å². The second-order valence-electron chi connectivity index (χ2n) is 3.47. The van der Waals surface area contributed by atoms with E-state index in [0.29, 0.717) is 0 Å². The molecule has 0 fully saturated rings. The van der Waals surface area contributed by atoms with Crippen molar-refractivity contribution in [2.75, 3.05) is 20.1 Å². The average Bonchev–Trinajstić information content (AvgIpc) is 2.72. The highest BCUT2D eigenvalue weighted by molar-refractivity contribution is 5.21. The van der Waals surface area contributed by atoms with E-state index in [1.54, 1.807) is 5.57 Å². The largest absolute Gasteiger partial charge is 0.306 e. The molecule has 0 radical (unpaired) electrons. The first-order valence-electron chi connectivity index (χ1n) is 4.69. The van der Waals surface area contributed by atoms with Gasteiger partial charge in [-0.2, -0.15) is 0 Å². The van der Waals surface area contributed by atoms with Crippen LogP contribution in [0.3, 0.4) is 0 Å². The zero-order valence-electron chi connectivity index (χ0n) is 7.77. The molecule has 0 saturated carbocycles. The number of hydrogen-bond donors (Lipinski definition) is 0. The minimum absolute atomic E-state index is 1.25. The van der Waals surface area contributed by atoms with E-state index in [0.717, 1.165) is 0 Å². The molecule has 0 heterocycles. The van der Waals surface area contributed by atoms with E-state index in [-0.39, 0.29) is 0 Å². The van der Waals surface area contributed by atoms with Gasteiger partial charge in [0.05, 0.1) is 0 Å². The second kappa shape index (κ2) is 4.55. The Kier molecular flexibility index (Phi) is 3.64. The molecule has 0 aromatic rings. The van der Waals surface area contributed by atoms with Crippen molar-refractivity contribution < 1.29 is 0 Å². The highest BCUT2D eigenvalue weighted by Gasteiger charge is 2.06. The molecule has 1 nitrogen and oxygen atoms in total. The predicted octanol–water partition coefficient (Wildman–Crippen LogP) is 2.44. The summed E-state index contributed by atoms with van der Waals surface area (Å²) in [4.78, 5) is 2.42. The van der Waals surface area contributed by atoms with Crippen molar-refractivity contribution in [2.45, 2.75) is 32.6 Å². The van der Waals surface area contributed by atoms with Crippen molar-refractivity contribution in [3.63, 3.8) is 0 Å². The van der Waals surface area contributed by atoms with Crippen LogP contribution in [-0.2, 0) is 0 Å². The molecule has 1 rings (SSSR count). The average molecular weight is 153 g/mol. The third-order valence-electron chi connectivity index (χ3n) is 2.14. The van der Waals surface area contributed by atoms with Crippen LogP contribution in [0.15, 0.2) is 11.6 Å². The molecule has 11 heavy (non-hydrogen) atoms. The van der Waals surface area contributed by atoms with Crippen LogP contribution in [0.2, 0.25) is 0 Å². The van der Waals surface area contributed by atoms with Crippen molar-refractivity contribution >= 4 is 0 Å². The summed E-state index contributed by atoms with van der Waals surface area (Å²) < 4.78 is 0. The highest BCUT2D eigenvalue weighted by atomic mass is 15.1. The zero-order chi connectivity index (χ0) is 8.10. The number of hydrogen-bond acceptors (Lipinski definition) is 1. The maximum atomic E-state index is 2.42. The van der Waals surface area contributed by atoms with Crippen molar-refractivity contribution in [2.24, 2.45) is 0 Å². The van der Waals surface area contributed by atoms with Gasteiger partial charge in [0, 0.05) is 0 Å². The van der Waals surface area contributed by atoms with Crippen molar-refractivity contribution in [1.82, 2.24) is 4.90 Å². The lowest BCUT2D eigenvalue weighted by atomic mass is 10.2. The summed E-state index contributed by atoms with van der Waals surface area (Å²) in [5, 5.41) is 0. The van der Waals surface area contributed by atoms with Crippen molar-refractivity contribution in [3.8, 4) is 0 Å². The fourth-order valence-corrected chi connectivity index (χ4v) is 1.35. The second-order valence-corrected chi connectivity index (χ2v) is 3.47. The lowest BCUT2D eigenvalue weighted by Crippen LogP contribution is -2.20. The van der Waals surface area contributed by atoms with E-state index in [9.17, 15) is 0 Å². The van der Waals surface area contributed by atoms with Gasteiger partial charge >= 0.3 is 0 Å². The van der Waals surface area contributed by atoms with Gasteiger partial charge < -0.3 is 4.90 Å². The van der Waals surface area contributed by atoms with Crippen LogP contribution in [0.5, 0.6) is 0 Å². The summed E-state index contributed by atoms with van der Waals surface area (Å²) in [6.07, 6.45) is 7.60. The minimum Gasteiger partial charge on any atom is -0.306 e. The molecule has 0 amide bonds. The van der Waals surface area contributed by atoms with Crippen LogP contribution in [0.4, 0.5) is 0 Å². The molecule has 0 aliphatic heterocycles. The van der Waals surface area contributed by atoms with E-state index in [4.69, 9.17) is 0 Å². The Morgan fingerprint density at radius 3 is 2.73 bits per heavy atom. The van der Waals surface area contributed by atoms with Gasteiger partial charge in [-0.05, 0) is 45.8 Å². The van der Waals surface area contributed by atoms with Crippen molar-refractivity contribution in [1.29, 1.82) is 0 Å². The standard InChI is InChI=1S/C10H19N/c1-3-8-11(2)9-4-5-10-6-7-10/h6H,3-5,7-9H2,1-2H3. The predicted molar refractivity (Wildman–Crippen MR) is 49.7 cm³/mol. The first-order chi connectivity index (χ1) is 5.33. The van der Waals surface area contributed by atoms with Gasteiger partial charge in [-0.3, -0.25) is 0 Å². The fraction of sp³-hybridized carbons (Fsp3) is 0.800. The molecule has 0 saturated heterocycles. The Morgan fingerprint density at radius 1 is 1.45 bits per heavy atom. The van der Waals surface area contributed by atoms with E-state index < -0.39 is 0 Å². The lowest BCUT2D eigenvalue weighted by molar-refractivity contribution is 0.330. The smallest absolute Gasteiger partial charge is 0.00187 e. The van der Waals surface area contributed by atoms with E-state index in [1.807, 2.05) is 0 Å². The highest BCUT2D eigenvalue weighted by Crippen LogP contribution is 2.23. The number of nitrogens with zero attached hydrogens (tertiary/aromatic N) is 1. The molecule has 0 N–H and O–H groups in total. The molecule has 0 unspecified atom stereocenters. The van der Waals surface area contributed by atoms with Gasteiger partial charge in [0.15, 0.2) is 0 Å². The van der Waals surface area contributed by atoms with Gasteiger partial charge in [-0.25, -0.2) is 0 Å². The molecular weight excluding hydrogens is 134 g/mol. The normalized spacial score (nSPS) is 15.4. The molecular formula is C10H19N. The number of rotatable bonds is 6. The summed E-state index contributed by atoms with van der Waals surface area (Å²) in [5.74, 6) is 0. The molecule has 0 atom stereocenters. The van der Waals surface area contributed by atoms with Crippen LogP contribution in [0.1, 0.15) is 32.6 Å². The molecule has 1 aliphatic carbocycles. The van der Waals surface area contributed by atoms with Crippen LogP contribution in [-0.4, -0.2) is 25.0 Å². The number of allylic oxidation sites excluding steroid dienone is 2. The Balaban J connectivity index is 1.88. The monoisotopic (exact) mass is 153 g/mol. The van der Waals surface area contributed by atoms with Gasteiger partial charge in [-0.1, -0.05) is 18.6 Å². The molecule has 0 aromatic carbocycles. The van der Waals surface area contributed by atoms with Gasteiger partial charge in [-0.15, -0.1) is 0 Å². The SMILES string of the molecule is CCCN(C)CCCC1=CC1. The molecule has 0 bridgehead atoms. The molecule has 0 spiro atoms. The maximum Gasteiger partial charge on any atom is -0.00187 e. The minimum atomic E-state index is 1.25. The Hall–Kier alpha value is -0.300. The first-order valence-corrected chi connectivity index (χ1v) is 4.69. The summed E-state index contributed by atoms with van der Waals surface area (Å²) in [6.45, 7) is 4.75. The summed E-state index contributed by atoms with van der Waals surface area (Å²) in [5.41, 5.74) is 1.68. The van der Waals surface area contributed by atoms with Crippen molar-refractivity contribution in [3.05, 3.63) is 11.6 Å². The van der Waals surface area contributed by atoms with Gasteiger partial charge in [0.1, 0.15) is 0 Å². The third kappa shape index (κ3) is 4.20. The quantitative estimate of drug-likeness (QED) is 0.530. The lowest BCUT2D eigenvalue weighted by Gasteiger charge is -2.14. The first kappa shape index (κ1) is 8.79. The molecule has 1 aliphatic rings. The van der Waals surface area contributed by atoms with E-state index >= 15 is 0 Å². The fourth-order valence-electron chi connectivity index (χ4n) is 1.35. The van der Waals surface area contributed by atoms with E-state index in [2.05, 4.69) is 24.9 Å². The topological polar surface area (TPSA) is 3.24 Å². The van der Waals surface area contributed by atoms with Crippen LogP contribution in [0.25, 0.3) is 0 Å². The molecule has 1 heteroatoms. The Bertz CT molecular complexity index is 138. The third-order valence-corrected chi connectivity index (χ3v) is 2.14. The Morgan fingerprint density at radius 2 is 2.18 bits per heavy atom. The van der Waals surface area contributed by atoms with E-state index in [1.165, 1.54) is 38.8 Å².